The lowest BCUT2D eigenvalue weighted by Crippen LogP contribution is -2.12. The number of rotatable bonds is 6. The minimum Gasteiger partial charge on any atom is -0.495 e. The van der Waals surface area contributed by atoms with Crippen LogP contribution in [-0.2, 0) is 0 Å². The minimum atomic E-state index is -0.357. The Morgan fingerprint density at radius 1 is 0.968 bits per heavy atom. The van der Waals surface area contributed by atoms with E-state index in [9.17, 15) is 9.18 Å². The SMILES string of the molecule is COc1ccc(Nc2cc(C(=O)Nc3cncc(-c4ccccc4F)c3)ccn2)nc1. The summed E-state index contributed by atoms with van der Waals surface area (Å²) in [6, 6.07) is 14.8. The molecule has 8 heteroatoms. The fourth-order valence-corrected chi connectivity index (χ4v) is 2.90. The lowest BCUT2D eigenvalue weighted by molar-refractivity contribution is 0.102. The van der Waals surface area contributed by atoms with Crippen molar-refractivity contribution in [3.63, 3.8) is 0 Å². The van der Waals surface area contributed by atoms with Gasteiger partial charge in [0.05, 0.1) is 25.2 Å². The van der Waals surface area contributed by atoms with Crippen molar-refractivity contribution < 1.29 is 13.9 Å². The van der Waals surface area contributed by atoms with Gasteiger partial charge >= 0.3 is 0 Å². The molecule has 1 aromatic carbocycles. The standard InChI is InChI=1S/C23H18FN5O2/c1-31-18-6-7-21(27-14-18)29-22-11-15(8-9-26-22)23(30)28-17-10-16(12-25-13-17)19-4-2-3-5-20(19)24/h2-14H,1H3,(H,28,30)(H,26,27,29). The van der Waals surface area contributed by atoms with E-state index in [1.54, 1.807) is 68.0 Å². The van der Waals surface area contributed by atoms with Crippen LogP contribution in [0, 0.1) is 5.82 Å². The number of amides is 1. The summed E-state index contributed by atoms with van der Waals surface area (Å²) in [5, 5.41) is 5.82. The number of hydrogen-bond acceptors (Lipinski definition) is 6. The van der Waals surface area contributed by atoms with Gasteiger partial charge in [0.1, 0.15) is 23.2 Å². The average Bonchev–Trinajstić information content (AvgIpc) is 2.80. The highest BCUT2D eigenvalue weighted by Crippen LogP contribution is 2.24. The highest BCUT2D eigenvalue weighted by molar-refractivity contribution is 6.04. The number of carbonyl (C=O) groups excluding carboxylic acids is 1. The van der Waals surface area contributed by atoms with E-state index < -0.39 is 0 Å². The number of anilines is 3. The summed E-state index contributed by atoms with van der Waals surface area (Å²) in [6.07, 6.45) is 6.15. The molecule has 0 unspecified atom stereocenters. The van der Waals surface area contributed by atoms with Gasteiger partial charge in [-0.2, -0.15) is 0 Å². The number of carbonyl (C=O) groups is 1. The number of hydrogen-bond donors (Lipinski definition) is 2. The number of nitrogens with zero attached hydrogens (tertiary/aromatic N) is 3. The molecule has 7 nitrogen and oxygen atoms in total. The van der Waals surface area contributed by atoms with Crippen LogP contribution in [0.5, 0.6) is 5.75 Å². The van der Waals surface area contributed by atoms with E-state index in [1.807, 2.05) is 0 Å². The highest BCUT2D eigenvalue weighted by atomic mass is 19.1. The third-order valence-electron chi connectivity index (χ3n) is 4.43. The van der Waals surface area contributed by atoms with E-state index in [2.05, 4.69) is 25.6 Å². The Morgan fingerprint density at radius 3 is 2.61 bits per heavy atom. The molecule has 1 amide bonds. The lowest BCUT2D eigenvalue weighted by atomic mass is 10.1. The molecule has 154 valence electrons. The van der Waals surface area contributed by atoms with Gasteiger partial charge in [0, 0.05) is 29.1 Å². The maximum absolute atomic E-state index is 14.1. The van der Waals surface area contributed by atoms with Crippen LogP contribution in [0.1, 0.15) is 10.4 Å². The van der Waals surface area contributed by atoms with E-state index in [0.717, 1.165) is 0 Å². The molecular weight excluding hydrogens is 397 g/mol. The number of halogens is 1. The summed E-state index contributed by atoms with van der Waals surface area (Å²) in [4.78, 5) is 25.3. The minimum absolute atomic E-state index is 0.347. The average molecular weight is 415 g/mol. The van der Waals surface area contributed by atoms with E-state index in [-0.39, 0.29) is 11.7 Å². The molecule has 4 rings (SSSR count). The van der Waals surface area contributed by atoms with Crippen LogP contribution in [0.25, 0.3) is 11.1 Å². The summed E-state index contributed by atoms with van der Waals surface area (Å²) in [5.41, 5.74) is 1.82. The Balaban J connectivity index is 1.49. The van der Waals surface area contributed by atoms with Crippen molar-refractivity contribution in [3.05, 3.63) is 90.8 Å². The van der Waals surface area contributed by atoms with Gasteiger partial charge in [0.2, 0.25) is 0 Å². The molecule has 0 saturated carbocycles. The van der Waals surface area contributed by atoms with Gasteiger partial charge in [0.15, 0.2) is 0 Å². The quantitative estimate of drug-likeness (QED) is 0.475. The number of ether oxygens (including phenoxy) is 1. The molecule has 0 aliphatic rings. The summed E-state index contributed by atoms with van der Waals surface area (Å²) >= 11 is 0. The van der Waals surface area contributed by atoms with Crippen LogP contribution in [0.3, 0.4) is 0 Å². The number of benzene rings is 1. The predicted octanol–water partition coefficient (Wildman–Crippen LogP) is 4.68. The number of pyridine rings is 3. The largest absolute Gasteiger partial charge is 0.495 e. The molecule has 3 aromatic heterocycles. The third-order valence-corrected chi connectivity index (χ3v) is 4.43. The Kier molecular flexibility index (Phi) is 5.79. The molecule has 3 heterocycles. The van der Waals surface area contributed by atoms with Crippen LogP contribution in [-0.4, -0.2) is 28.0 Å². The Morgan fingerprint density at radius 2 is 1.84 bits per heavy atom. The first-order valence-corrected chi connectivity index (χ1v) is 9.37. The predicted molar refractivity (Wildman–Crippen MR) is 116 cm³/mol. The molecule has 0 atom stereocenters. The Hall–Kier alpha value is -4.33. The van der Waals surface area contributed by atoms with Crippen LogP contribution in [0.4, 0.5) is 21.7 Å². The molecule has 0 saturated heterocycles. The van der Waals surface area contributed by atoms with Crippen molar-refractivity contribution >= 4 is 23.2 Å². The molecule has 4 aromatic rings. The number of aromatic nitrogens is 3. The van der Waals surface area contributed by atoms with Crippen LogP contribution in [0.2, 0.25) is 0 Å². The van der Waals surface area contributed by atoms with Gasteiger partial charge < -0.3 is 15.4 Å². The van der Waals surface area contributed by atoms with Crippen molar-refractivity contribution in [2.75, 3.05) is 17.7 Å². The molecule has 0 fully saturated rings. The first-order chi connectivity index (χ1) is 15.1. The lowest BCUT2D eigenvalue weighted by Gasteiger charge is -2.09. The first-order valence-electron chi connectivity index (χ1n) is 9.37. The molecule has 0 aliphatic heterocycles. The second kappa shape index (κ2) is 9.00. The Bertz CT molecular complexity index is 1210. The highest BCUT2D eigenvalue weighted by Gasteiger charge is 2.10. The van der Waals surface area contributed by atoms with Gasteiger partial charge in [0.25, 0.3) is 5.91 Å². The van der Waals surface area contributed by atoms with E-state index in [0.29, 0.717) is 39.8 Å². The zero-order valence-corrected chi connectivity index (χ0v) is 16.5. The van der Waals surface area contributed by atoms with Crippen molar-refractivity contribution in [1.82, 2.24) is 15.0 Å². The van der Waals surface area contributed by atoms with Gasteiger partial charge in [-0.05, 0) is 36.4 Å². The van der Waals surface area contributed by atoms with Gasteiger partial charge in [-0.25, -0.2) is 14.4 Å². The summed E-state index contributed by atoms with van der Waals surface area (Å²) in [5.74, 6) is 0.958. The maximum Gasteiger partial charge on any atom is 0.255 e. The van der Waals surface area contributed by atoms with E-state index >= 15 is 0 Å². The van der Waals surface area contributed by atoms with Crippen molar-refractivity contribution in [2.24, 2.45) is 0 Å². The fraction of sp³-hybridized carbons (Fsp3) is 0.0435. The molecule has 2 N–H and O–H groups in total. The second-order valence-electron chi connectivity index (χ2n) is 6.53. The van der Waals surface area contributed by atoms with Crippen LogP contribution in [0.15, 0.2) is 79.4 Å². The van der Waals surface area contributed by atoms with Crippen molar-refractivity contribution in [2.45, 2.75) is 0 Å². The monoisotopic (exact) mass is 415 g/mol. The van der Waals surface area contributed by atoms with Gasteiger partial charge in [-0.15, -0.1) is 0 Å². The van der Waals surface area contributed by atoms with E-state index in [1.165, 1.54) is 18.5 Å². The number of nitrogens with one attached hydrogen (secondary N) is 2. The fourth-order valence-electron chi connectivity index (χ4n) is 2.90. The second-order valence-corrected chi connectivity index (χ2v) is 6.53. The number of methoxy groups -OCH3 is 1. The maximum atomic E-state index is 14.1. The Labute approximate surface area is 178 Å². The zero-order chi connectivity index (χ0) is 21.6. The van der Waals surface area contributed by atoms with E-state index in [4.69, 9.17) is 4.74 Å². The smallest absolute Gasteiger partial charge is 0.255 e. The van der Waals surface area contributed by atoms with Crippen molar-refractivity contribution in [3.8, 4) is 16.9 Å². The molecule has 0 radical (unpaired) electrons. The van der Waals surface area contributed by atoms with Gasteiger partial charge in [-0.1, -0.05) is 18.2 Å². The summed E-state index contributed by atoms with van der Waals surface area (Å²) in [6.45, 7) is 0. The third kappa shape index (κ3) is 4.81. The first kappa shape index (κ1) is 20.0. The molecule has 0 bridgehead atoms. The van der Waals surface area contributed by atoms with Crippen molar-refractivity contribution in [1.29, 1.82) is 0 Å². The molecular formula is C23H18FN5O2. The topological polar surface area (TPSA) is 89.0 Å². The van der Waals surface area contributed by atoms with Crippen LogP contribution >= 0.6 is 0 Å². The summed E-state index contributed by atoms with van der Waals surface area (Å²) < 4.78 is 19.1. The summed E-state index contributed by atoms with van der Waals surface area (Å²) in [7, 11) is 1.56. The molecule has 0 aliphatic carbocycles. The molecule has 31 heavy (non-hydrogen) atoms. The van der Waals surface area contributed by atoms with Crippen LogP contribution < -0.4 is 15.4 Å². The molecule has 0 spiro atoms. The normalized spacial score (nSPS) is 10.4. The van der Waals surface area contributed by atoms with Gasteiger partial charge in [-0.3, -0.25) is 9.78 Å². The zero-order valence-electron chi connectivity index (χ0n) is 16.5.